The van der Waals surface area contributed by atoms with Crippen molar-refractivity contribution in [1.82, 2.24) is 15.0 Å². The van der Waals surface area contributed by atoms with Gasteiger partial charge in [0.25, 0.3) is 0 Å². The molecular weight excluding hydrogens is 316 g/mol. The van der Waals surface area contributed by atoms with Crippen LogP contribution in [0.2, 0.25) is 0 Å². The van der Waals surface area contributed by atoms with Crippen molar-refractivity contribution in [1.29, 1.82) is 5.26 Å². The van der Waals surface area contributed by atoms with E-state index in [1.807, 2.05) is 18.2 Å². The quantitative estimate of drug-likeness (QED) is 0.846. The number of hydrogen-bond acceptors (Lipinski definition) is 7. The van der Waals surface area contributed by atoms with Crippen molar-refractivity contribution >= 4 is 11.6 Å². The van der Waals surface area contributed by atoms with Gasteiger partial charge in [-0.1, -0.05) is 0 Å². The highest BCUT2D eigenvalue weighted by atomic mass is 16.5. The number of aromatic nitrogens is 3. The highest BCUT2D eigenvalue weighted by Gasteiger charge is 2.40. The molecule has 0 aromatic carbocycles. The number of ether oxygens (including phenoxy) is 1. The summed E-state index contributed by atoms with van der Waals surface area (Å²) in [7, 11) is 1.61. The minimum atomic E-state index is 0.344. The van der Waals surface area contributed by atoms with Crippen LogP contribution in [0.1, 0.15) is 18.4 Å². The first-order valence-corrected chi connectivity index (χ1v) is 8.53. The molecule has 2 aromatic rings. The SMILES string of the molecule is COc1cc(N2CCC3CCN(c4ncccc4C#N)C3C2)ncn1. The summed E-state index contributed by atoms with van der Waals surface area (Å²) in [6, 6.07) is 8.15. The van der Waals surface area contributed by atoms with Gasteiger partial charge in [-0.3, -0.25) is 0 Å². The highest BCUT2D eigenvalue weighted by molar-refractivity contribution is 5.56. The number of pyridine rings is 1. The van der Waals surface area contributed by atoms with Crippen LogP contribution < -0.4 is 14.5 Å². The van der Waals surface area contributed by atoms with Crippen LogP contribution in [-0.2, 0) is 0 Å². The lowest BCUT2D eigenvalue weighted by Gasteiger charge is -2.39. The Hall–Kier alpha value is -2.88. The fourth-order valence-corrected chi connectivity index (χ4v) is 3.94. The Morgan fingerprint density at radius 1 is 1.24 bits per heavy atom. The molecular formula is C18H20N6O. The molecule has 0 radical (unpaired) electrons. The lowest BCUT2D eigenvalue weighted by atomic mass is 9.92. The zero-order valence-electron chi connectivity index (χ0n) is 14.2. The van der Waals surface area contributed by atoms with Gasteiger partial charge >= 0.3 is 0 Å². The van der Waals surface area contributed by atoms with Crippen molar-refractivity contribution in [2.24, 2.45) is 5.92 Å². The summed E-state index contributed by atoms with van der Waals surface area (Å²) in [6.07, 6.45) is 5.56. The third-order valence-electron chi connectivity index (χ3n) is 5.20. The predicted octanol–water partition coefficient (Wildman–Crippen LogP) is 1.86. The van der Waals surface area contributed by atoms with E-state index in [2.05, 4.69) is 30.8 Å². The van der Waals surface area contributed by atoms with Crippen LogP contribution in [0.5, 0.6) is 5.88 Å². The average molecular weight is 336 g/mol. The number of hydrogen-bond donors (Lipinski definition) is 0. The van der Waals surface area contributed by atoms with E-state index in [0.717, 1.165) is 44.1 Å². The van der Waals surface area contributed by atoms with Crippen molar-refractivity contribution in [3.05, 3.63) is 36.3 Å². The van der Waals surface area contributed by atoms with Gasteiger partial charge in [0.2, 0.25) is 5.88 Å². The Bertz CT molecular complexity index is 804. The van der Waals surface area contributed by atoms with Crippen molar-refractivity contribution < 1.29 is 4.74 Å². The molecule has 0 N–H and O–H groups in total. The summed E-state index contributed by atoms with van der Waals surface area (Å²) in [5.41, 5.74) is 0.643. The van der Waals surface area contributed by atoms with E-state index in [1.54, 1.807) is 19.6 Å². The van der Waals surface area contributed by atoms with E-state index < -0.39 is 0 Å². The lowest BCUT2D eigenvalue weighted by Crippen LogP contribution is -2.49. The first kappa shape index (κ1) is 15.6. The molecule has 25 heavy (non-hydrogen) atoms. The highest BCUT2D eigenvalue weighted by Crippen LogP contribution is 2.36. The Kier molecular flexibility index (Phi) is 4.10. The Morgan fingerprint density at radius 2 is 2.12 bits per heavy atom. The number of anilines is 2. The first-order chi connectivity index (χ1) is 12.3. The number of fused-ring (bicyclic) bond motifs is 1. The van der Waals surface area contributed by atoms with Crippen LogP contribution in [0.4, 0.5) is 11.6 Å². The maximum absolute atomic E-state index is 9.40. The second kappa shape index (κ2) is 6.55. The molecule has 0 aliphatic carbocycles. The second-order valence-electron chi connectivity index (χ2n) is 6.45. The minimum Gasteiger partial charge on any atom is -0.481 e. The van der Waals surface area contributed by atoms with Gasteiger partial charge in [0.05, 0.1) is 18.7 Å². The molecule has 2 unspecified atom stereocenters. The van der Waals surface area contributed by atoms with Crippen LogP contribution in [0.15, 0.2) is 30.7 Å². The van der Waals surface area contributed by atoms with Crippen molar-refractivity contribution in [2.75, 3.05) is 36.5 Å². The van der Waals surface area contributed by atoms with Gasteiger partial charge in [-0.2, -0.15) is 5.26 Å². The molecule has 4 heterocycles. The van der Waals surface area contributed by atoms with Gasteiger partial charge in [0.15, 0.2) is 0 Å². The van der Waals surface area contributed by atoms with E-state index in [-0.39, 0.29) is 0 Å². The summed E-state index contributed by atoms with van der Waals surface area (Å²) in [6.45, 7) is 2.79. The van der Waals surface area contributed by atoms with Crippen molar-refractivity contribution in [2.45, 2.75) is 18.9 Å². The topological polar surface area (TPSA) is 78.2 Å². The summed E-state index contributed by atoms with van der Waals surface area (Å²) in [5.74, 6) is 2.90. The number of piperidine rings is 1. The predicted molar refractivity (Wildman–Crippen MR) is 93.6 cm³/mol. The molecule has 4 rings (SSSR count). The number of nitrogens with zero attached hydrogens (tertiary/aromatic N) is 6. The molecule has 0 spiro atoms. The zero-order chi connectivity index (χ0) is 17.2. The Morgan fingerprint density at radius 3 is 2.96 bits per heavy atom. The molecule has 2 aliphatic heterocycles. The fraction of sp³-hybridized carbons (Fsp3) is 0.444. The van der Waals surface area contributed by atoms with Crippen LogP contribution in [0.25, 0.3) is 0 Å². The summed E-state index contributed by atoms with van der Waals surface area (Å²) in [4.78, 5) is 17.6. The molecule has 0 amide bonds. The number of nitriles is 1. The van der Waals surface area contributed by atoms with Gasteiger partial charge < -0.3 is 14.5 Å². The van der Waals surface area contributed by atoms with Gasteiger partial charge in [-0.05, 0) is 30.9 Å². The summed E-state index contributed by atoms with van der Waals surface area (Å²) >= 11 is 0. The Balaban J connectivity index is 1.60. The van der Waals surface area contributed by atoms with Crippen molar-refractivity contribution in [3.63, 3.8) is 0 Å². The van der Waals surface area contributed by atoms with Gasteiger partial charge in [-0.15, -0.1) is 0 Å². The van der Waals surface area contributed by atoms with E-state index in [0.29, 0.717) is 23.4 Å². The summed E-state index contributed by atoms with van der Waals surface area (Å²) < 4.78 is 5.22. The molecule has 0 saturated carbocycles. The van der Waals surface area contributed by atoms with E-state index in [9.17, 15) is 5.26 Å². The molecule has 2 aliphatic rings. The van der Waals surface area contributed by atoms with Gasteiger partial charge in [0.1, 0.15) is 24.0 Å². The molecule has 128 valence electrons. The van der Waals surface area contributed by atoms with Crippen LogP contribution in [0.3, 0.4) is 0 Å². The summed E-state index contributed by atoms with van der Waals surface area (Å²) in [5, 5.41) is 9.40. The van der Waals surface area contributed by atoms with E-state index >= 15 is 0 Å². The molecule has 7 heteroatoms. The smallest absolute Gasteiger partial charge is 0.218 e. The van der Waals surface area contributed by atoms with Gasteiger partial charge in [0, 0.05) is 31.9 Å². The maximum atomic E-state index is 9.40. The second-order valence-corrected chi connectivity index (χ2v) is 6.45. The molecule has 7 nitrogen and oxygen atoms in total. The van der Waals surface area contributed by atoms with E-state index in [4.69, 9.17) is 4.74 Å². The average Bonchev–Trinajstić information content (AvgIpc) is 3.11. The third-order valence-corrected chi connectivity index (χ3v) is 5.20. The monoisotopic (exact) mass is 336 g/mol. The fourth-order valence-electron chi connectivity index (χ4n) is 3.94. The van der Waals surface area contributed by atoms with Crippen molar-refractivity contribution in [3.8, 4) is 11.9 Å². The first-order valence-electron chi connectivity index (χ1n) is 8.53. The van der Waals surface area contributed by atoms with Crippen LogP contribution in [0, 0.1) is 17.2 Å². The standard InChI is InChI=1S/C18H20N6O/c1-25-17-9-16(21-12-22-17)23-7-4-13-5-8-24(15(13)11-23)18-14(10-19)3-2-6-20-18/h2-3,6,9,12-13,15H,4-5,7-8,11H2,1H3. The van der Waals surface area contributed by atoms with Crippen LogP contribution >= 0.6 is 0 Å². The lowest BCUT2D eigenvalue weighted by molar-refractivity contribution is 0.383. The Labute approximate surface area is 146 Å². The molecule has 2 aromatic heterocycles. The number of rotatable bonds is 3. The maximum Gasteiger partial charge on any atom is 0.218 e. The largest absolute Gasteiger partial charge is 0.481 e. The number of methoxy groups -OCH3 is 1. The zero-order valence-corrected chi connectivity index (χ0v) is 14.2. The minimum absolute atomic E-state index is 0.344. The molecule has 2 fully saturated rings. The molecule has 2 atom stereocenters. The van der Waals surface area contributed by atoms with Crippen LogP contribution in [-0.4, -0.2) is 47.7 Å². The molecule has 2 saturated heterocycles. The van der Waals surface area contributed by atoms with E-state index in [1.165, 1.54) is 0 Å². The molecule has 0 bridgehead atoms. The third kappa shape index (κ3) is 2.84. The van der Waals surface area contributed by atoms with Gasteiger partial charge in [-0.25, -0.2) is 15.0 Å². The normalized spacial score (nSPS) is 22.4.